The Hall–Kier alpha value is 0.420. The first-order valence-electron chi connectivity index (χ1n) is 4.48. The minimum Gasteiger partial charge on any atom is -0.490 e. The van der Waals surface area contributed by atoms with E-state index in [4.69, 9.17) is 9.47 Å². The van der Waals surface area contributed by atoms with Gasteiger partial charge in [-0.3, -0.25) is 0 Å². The first-order chi connectivity index (χ1) is 7.09. The average Bonchev–Trinajstić information content (AvgIpc) is 3.02. The second-order valence-electron chi connectivity index (χ2n) is 3.40. The predicted octanol–water partition coefficient (Wildman–Crippen LogP) is 4.06. The van der Waals surface area contributed by atoms with Crippen LogP contribution >= 0.6 is 47.8 Å². The molecule has 5 heteroatoms. The quantitative estimate of drug-likeness (QED) is 0.563. The summed E-state index contributed by atoms with van der Waals surface area (Å²) < 4.78 is 13.7. The molecule has 0 saturated carbocycles. The third kappa shape index (κ3) is 2.75. The normalized spacial score (nSPS) is 19.1. The minimum absolute atomic E-state index is 0.277. The van der Waals surface area contributed by atoms with Crippen LogP contribution in [0.4, 0.5) is 0 Å². The van der Waals surface area contributed by atoms with Gasteiger partial charge in [0.05, 0.1) is 11.1 Å². The van der Waals surface area contributed by atoms with Crippen molar-refractivity contribution in [1.29, 1.82) is 0 Å². The highest BCUT2D eigenvalue weighted by Gasteiger charge is 2.24. The fraction of sp³-hybridized carbons (Fsp3) is 0.400. The van der Waals surface area contributed by atoms with Crippen molar-refractivity contribution in [2.24, 2.45) is 0 Å². The third-order valence-corrected chi connectivity index (χ3v) is 5.79. The van der Waals surface area contributed by atoms with Crippen molar-refractivity contribution < 1.29 is 9.47 Å². The summed E-state index contributed by atoms with van der Waals surface area (Å²) in [5.41, 5.74) is 1.14. The van der Waals surface area contributed by atoms with Crippen molar-refractivity contribution in [3.05, 3.63) is 25.0 Å². The maximum atomic E-state index is 5.65. The second kappa shape index (κ2) is 4.73. The molecular formula is C10H9Br3O2. The fourth-order valence-corrected chi connectivity index (χ4v) is 2.67. The number of epoxide rings is 1. The highest BCUT2D eigenvalue weighted by atomic mass is 79.9. The minimum atomic E-state index is 0.277. The predicted molar refractivity (Wildman–Crippen MR) is 69.5 cm³/mol. The van der Waals surface area contributed by atoms with E-state index >= 15 is 0 Å². The Kier molecular flexibility index (Phi) is 3.75. The van der Waals surface area contributed by atoms with Crippen LogP contribution in [0.25, 0.3) is 0 Å². The van der Waals surface area contributed by atoms with Crippen molar-refractivity contribution in [3.8, 4) is 5.75 Å². The maximum absolute atomic E-state index is 5.65. The molecular weight excluding hydrogens is 392 g/mol. The molecule has 0 spiro atoms. The molecule has 1 saturated heterocycles. The Morgan fingerprint density at radius 1 is 1.33 bits per heavy atom. The number of rotatable bonds is 3. The topological polar surface area (TPSA) is 21.8 Å². The third-order valence-electron chi connectivity index (χ3n) is 2.12. The average molecular weight is 401 g/mol. The summed E-state index contributed by atoms with van der Waals surface area (Å²) in [6, 6.07) is 2.00. The van der Waals surface area contributed by atoms with Gasteiger partial charge in [0.25, 0.3) is 0 Å². The number of benzene rings is 1. The van der Waals surface area contributed by atoms with Gasteiger partial charge in [0, 0.05) is 8.95 Å². The van der Waals surface area contributed by atoms with Gasteiger partial charge in [-0.15, -0.1) is 0 Å². The van der Waals surface area contributed by atoms with Gasteiger partial charge in [0.1, 0.15) is 18.5 Å². The van der Waals surface area contributed by atoms with Crippen molar-refractivity contribution in [2.45, 2.75) is 13.0 Å². The Labute approximate surface area is 114 Å². The maximum Gasteiger partial charge on any atom is 0.135 e. The summed E-state index contributed by atoms with van der Waals surface area (Å²) in [6.07, 6.45) is 0.277. The molecule has 1 atom stereocenters. The number of hydrogen-bond acceptors (Lipinski definition) is 2. The zero-order valence-electron chi connectivity index (χ0n) is 8.02. The van der Waals surface area contributed by atoms with Crippen LogP contribution in [0.1, 0.15) is 5.56 Å². The van der Waals surface area contributed by atoms with E-state index in [1.165, 1.54) is 0 Å². The van der Waals surface area contributed by atoms with Crippen LogP contribution in [0.5, 0.6) is 5.75 Å². The molecule has 1 unspecified atom stereocenters. The smallest absolute Gasteiger partial charge is 0.135 e. The summed E-state index contributed by atoms with van der Waals surface area (Å²) in [5, 5.41) is 0. The summed E-state index contributed by atoms with van der Waals surface area (Å²) in [6.45, 7) is 3.46. The molecule has 1 aliphatic rings. The Bertz CT molecular complexity index is 389. The molecule has 15 heavy (non-hydrogen) atoms. The van der Waals surface area contributed by atoms with E-state index in [0.29, 0.717) is 6.61 Å². The molecule has 1 aromatic rings. The van der Waals surface area contributed by atoms with Crippen LogP contribution in [0.3, 0.4) is 0 Å². The summed E-state index contributed by atoms with van der Waals surface area (Å²) in [7, 11) is 0. The Balaban J connectivity index is 2.21. The van der Waals surface area contributed by atoms with Gasteiger partial charge >= 0.3 is 0 Å². The molecule has 0 bridgehead atoms. The molecule has 0 radical (unpaired) electrons. The summed E-state index contributed by atoms with van der Waals surface area (Å²) in [5.74, 6) is 0.845. The number of hydrogen-bond donors (Lipinski definition) is 0. The van der Waals surface area contributed by atoms with Crippen molar-refractivity contribution in [2.75, 3.05) is 13.2 Å². The van der Waals surface area contributed by atoms with Gasteiger partial charge in [-0.25, -0.2) is 0 Å². The van der Waals surface area contributed by atoms with Gasteiger partial charge in [-0.1, -0.05) is 0 Å². The number of halogens is 3. The van der Waals surface area contributed by atoms with Crippen LogP contribution in [0.2, 0.25) is 0 Å². The van der Waals surface area contributed by atoms with E-state index in [-0.39, 0.29) is 6.10 Å². The van der Waals surface area contributed by atoms with Crippen LogP contribution in [-0.4, -0.2) is 19.3 Å². The molecule has 1 heterocycles. The molecule has 0 aromatic heterocycles. The number of ether oxygens (including phenoxy) is 2. The highest BCUT2D eigenvalue weighted by Crippen LogP contribution is 2.40. The fourth-order valence-electron chi connectivity index (χ4n) is 1.15. The molecule has 82 valence electrons. The molecule has 1 aliphatic heterocycles. The van der Waals surface area contributed by atoms with E-state index in [1.54, 1.807) is 0 Å². The van der Waals surface area contributed by atoms with Gasteiger partial charge in [0.15, 0.2) is 0 Å². The van der Waals surface area contributed by atoms with E-state index < -0.39 is 0 Å². The molecule has 0 N–H and O–H groups in total. The van der Waals surface area contributed by atoms with Gasteiger partial charge in [-0.2, -0.15) is 0 Å². The summed E-state index contributed by atoms with van der Waals surface area (Å²) in [4.78, 5) is 0. The molecule has 2 nitrogen and oxygen atoms in total. The molecule has 2 rings (SSSR count). The standard InChI is InChI=1S/C10H9Br3O2/c1-5-2-7(15-4-6-3-14-6)9(12)10(13)8(5)11/h2,6H,3-4H2,1H3. The Morgan fingerprint density at radius 3 is 2.60 bits per heavy atom. The van der Waals surface area contributed by atoms with Crippen LogP contribution in [-0.2, 0) is 4.74 Å². The number of aryl methyl sites for hydroxylation is 1. The zero-order valence-corrected chi connectivity index (χ0v) is 12.8. The van der Waals surface area contributed by atoms with Gasteiger partial charge in [-0.05, 0) is 66.3 Å². The monoisotopic (exact) mass is 398 g/mol. The van der Waals surface area contributed by atoms with E-state index in [0.717, 1.165) is 31.3 Å². The van der Waals surface area contributed by atoms with Crippen LogP contribution in [0.15, 0.2) is 19.5 Å². The van der Waals surface area contributed by atoms with Crippen molar-refractivity contribution in [1.82, 2.24) is 0 Å². The lowest BCUT2D eigenvalue weighted by atomic mass is 10.2. The first-order valence-corrected chi connectivity index (χ1v) is 6.86. The van der Waals surface area contributed by atoms with E-state index in [2.05, 4.69) is 47.8 Å². The second-order valence-corrected chi connectivity index (χ2v) is 5.78. The van der Waals surface area contributed by atoms with E-state index in [9.17, 15) is 0 Å². The van der Waals surface area contributed by atoms with Crippen LogP contribution in [0, 0.1) is 6.92 Å². The van der Waals surface area contributed by atoms with Crippen molar-refractivity contribution >= 4 is 47.8 Å². The lowest BCUT2D eigenvalue weighted by Gasteiger charge is -2.11. The summed E-state index contributed by atoms with van der Waals surface area (Å²) >= 11 is 10.5. The van der Waals surface area contributed by atoms with Gasteiger partial charge < -0.3 is 9.47 Å². The largest absolute Gasteiger partial charge is 0.490 e. The SMILES string of the molecule is Cc1cc(OCC2CO2)c(Br)c(Br)c1Br. The van der Waals surface area contributed by atoms with E-state index in [1.807, 2.05) is 13.0 Å². The lowest BCUT2D eigenvalue weighted by molar-refractivity contribution is 0.261. The Morgan fingerprint density at radius 2 is 2.00 bits per heavy atom. The molecule has 0 aliphatic carbocycles. The first kappa shape index (κ1) is 11.9. The zero-order chi connectivity index (χ0) is 11.0. The molecule has 1 fully saturated rings. The van der Waals surface area contributed by atoms with Gasteiger partial charge in [0.2, 0.25) is 0 Å². The molecule has 1 aromatic carbocycles. The van der Waals surface area contributed by atoms with Crippen molar-refractivity contribution in [3.63, 3.8) is 0 Å². The lowest BCUT2D eigenvalue weighted by Crippen LogP contribution is -2.05. The molecule has 0 amide bonds. The van der Waals surface area contributed by atoms with Crippen LogP contribution < -0.4 is 4.74 Å². The highest BCUT2D eigenvalue weighted by molar-refractivity contribution is 9.14.